The third-order valence-corrected chi connectivity index (χ3v) is 6.14. The number of hydrogen-bond donors (Lipinski definition) is 1. The number of nitrogens with zero attached hydrogens (tertiary/aromatic N) is 3. The van der Waals surface area contributed by atoms with Gasteiger partial charge >= 0.3 is 0 Å². The topological polar surface area (TPSA) is 76.9 Å². The highest BCUT2D eigenvalue weighted by Gasteiger charge is 2.15. The average molecular weight is 348 g/mol. The number of aryl methyl sites for hydroxylation is 1. The first kappa shape index (κ1) is 15.9. The van der Waals surface area contributed by atoms with Gasteiger partial charge in [0, 0.05) is 23.8 Å². The van der Waals surface area contributed by atoms with E-state index in [4.69, 9.17) is 0 Å². The fourth-order valence-corrected chi connectivity index (χ4v) is 4.41. The molecule has 0 aliphatic carbocycles. The average Bonchev–Trinajstić information content (AvgIpc) is 3.17. The molecule has 0 bridgehead atoms. The number of rotatable bonds is 6. The molecular weight excluding hydrogens is 332 g/mol. The van der Waals surface area contributed by atoms with Crippen LogP contribution in [0.2, 0.25) is 0 Å². The van der Waals surface area contributed by atoms with Gasteiger partial charge in [-0.15, -0.1) is 11.3 Å². The highest BCUT2D eigenvalue weighted by molar-refractivity contribution is 7.91. The number of aromatic nitrogens is 3. The van der Waals surface area contributed by atoms with E-state index in [1.54, 1.807) is 23.0 Å². The maximum atomic E-state index is 12.1. The molecule has 0 saturated heterocycles. The summed E-state index contributed by atoms with van der Waals surface area (Å²) in [5, 5.41) is 4.40. The van der Waals surface area contributed by atoms with Crippen molar-refractivity contribution in [1.29, 1.82) is 0 Å². The highest BCUT2D eigenvalue weighted by atomic mass is 32.2. The van der Waals surface area contributed by atoms with Crippen LogP contribution < -0.4 is 4.72 Å². The van der Waals surface area contributed by atoms with Crippen molar-refractivity contribution in [1.82, 2.24) is 19.5 Å². The first-order chi connectivity index (χ1) is 11.0. The van der Waals surface area contributed by atoms with E-state index in [0.717, 1.165) is 16.3 Å². The third-order valence-electron chi connectivity index (χ3n) is 3.18. The van der Waals surface area contributed by atoms with Gasteiger partial charge in [0.25, 0.3) is 0 Å². The van der Waals surface area contributed by atoms with E-state index in [1.165, 1.54) is 11.3 Å². The molecule has 0 amide bonds. The van der Waals surface area contributed by atoms with Gasteiger partial charge in [-0.3, -0.25) is 9.67 Å². The van der Waals surface area contributed by atoms with Gasteiger partial charge in [0.05, 0.1) is 12.2 Å². The number of sulfonamides is 1. The molecule has 0 atom stereocenters. The molecule has 0 aliphatic rings. The van der Waals surface area contributed by atoms with Crippen LogP contribution in [-0.2, 0) is 16.6 Å². The molecule has 0 radical (unpaired) electrons. The van der Waals surface area contributed by atoms with Crippen molar-refractivity contribution < 1.29 is 8.42 Å². The molecule has 6 nitrogen and oxygen atoms in total. The van der Waals surface area contributed by atoms with Crippen molar-refractivity contribution in [3.8, 4) is 11.4 Å². The normalized spacial score (nSPS) is 11.7. The minimum atomic E-state index is -3.44. The zero-order valence-corrected chi connectivity index (χ0v) is 14.1. The Bertz CT molecular complexity index is 885. The van der Waals surface area contributed by atoms with Crippen LogP contribution in [0.25, 0.3) is 11.4 Å². The molecule has 3 aromatic heterocycles. The van der Waals surface area contributed by atoms with Crippen molar-refractivity contribution >= 4 is 21.4 Å². The first-order valence-electron chi connectivity index (χ1n) is 7.05. The fourth-order valence-electron chi connectivity index (χ4n) is 2.06. The highest BCUT2D eigenvalue weighted by Crippen LogP contribution is 2.20. The monoisotopic (exact) mass is 348 g/mol. The van der Waals surface area contributed by atoms with Gasteiger partial charge in [-0.1, -0.05) is 6.07 Å². The summed E-state index contributed by atoms with van der Waals surface area (Å²) in [5.74, 6) is 0. The standard InChI is InChI=1S/C15H16N4O2S2/c1-12-5-6-15(22-12)23(20,21)17-9-11-19-10-7-14(18-19)13-4-2-3-8-16-13/h2-8,10,17H,9,11H2,1H3. The molecule has 8 heteroatoms. The van der Waals surface area contributed by atoms with Crippen LogP contribution in [-0.4, -0.2) is 29.7 Å². The summed E-state index contributed by atoms with van der Waals surface area (Å²) in [7, 11) is -3.44. The van der Waals surface area contributed by atoms with Crippen molar-refractivity contribution in [3.63, 3.8) is 0 Å². The van der Waals surface area contributed by atoms with Crippen LogP contribution in [0.5, 0.6) is 0 Å². The summed E-state index contributed by atoms with van der Waals surface area (Å²) in [6, 6.07) is 10.9. The summed E-state index contributed by atoms with van der Waals surface area (Å²) >= 11 is 1.26. The summed E-state index contributed by atoms with van der Waals surface area (Å²) < 4.78 is 28.9. The fraction of sp³-hybridized carbons (Fsp3) is 0.200. The molecule has 0 aromatic carbocycles. The Kier molecular flexibility index (Phi) is 4.56. The Hall–Kier alpha value is -2.03. The predicted molar refractivity (Wildman–Crippen MR) is 89.7 cm³/mol. The van der Waals surface area contributed by atoms with Crippen molar-refractivity contribution in [2.24, 2.45) is 0 Å². The summed E-state index contributed by atoms with van der Waals surface area (Å²) in [4.78, 5) is 5.21. The maximum Gasteiger partial charge on any atom is 0.250 e. The maximum absolute atomic E-state index is 12.1. The lowest BCUT2D eigenvalue weighted by atomic mass is 10.3. The lowest BCUT2D eigenvalue weighted by Crippen LogP contribution is -2.27. The Morgan fingerprint density at radius 2 is 2.04 bits per heavy atom. The molecule has 3 heterocycles. The molecule has 0 unspecified atom stereocenters. The van der Waals surface area contributed by atoms with Gasteiger partial charge in [-0.05, 0) is 37.3 Å². The number of thiophene rings is 1. The summed E-state index contributed by atoms with van der Waals surface area (Å²) in [6.07, 6.45) is 3.53. The molecule has 1 N–H and O–H groups in total. The van der Waals surface area contributed by atoms with Crippen molar-refractivity contribution in [3.05, 3.63) is 53.7 Å². The lowest BCUT2D eigenvalue weighted by Gasteiger charge is -2.05. The van der Waals surface area contributed by atoms with Crippen LogP contribution in [0.4, 0.5) is 0 Å². The molecule has 120 valence electrons. The molecule has 3 aromatic rings. The van der Waals surface area contributed by atoms with Crippen LogP contribution in [0.15, 0.2) is 53.0 Å². The third kappa shape index (κ3) is 3.84. The summed E-state index contributed by atoms with van der Waals surface area (Å²) in [6.45, 7) is 2.62. The predicted octanol–water partition coefficient (Wildman–Crippen LogP) is 2.29. The van der Waals surface area contributed by atoms with Gasteiger partial charge < -0.3 is 0 Å². The van der Waals surface area contributed by atoms with E-state index in [-0.39, 0.29) is 6.54 Å². The van der Waals surface area contributed by atoms with E-state index >= 15 is 0 Å². The zero-order valence-electron chi connectivity index (χ0n) is 12.5. The molecule has 0 spiro atoms. The molecule has 0 aliphatic heterocycles. The van der Waals surface area contributed by atoms with Gasteiger partial charge in [-0.2, -0.15) is 5.10 Å². The van der Waals surface area contributed by atoms with Crippen LogP contribution in [0.3, 0.4) is 0 Å². The Balaban J connectivity index is 1.60. The van der Waals surface area contributed by atoms with E-state index in [0.29, 0.717) is 10.8 Å². The smallest absolute Gasteiger partial charge is 0.250 e. The van der Waals surface area contributed by atoms with Crippen LogP contribution in [0.1, 0.15) is 4.88 Å². The molecule has 23 heavy (non-hydrogen) atoms. The van der Waals surface area contributed by atoms with Gasteiger partial charge in [-0.25, -0.2) is 13.1 Å². The summed E-state index contributed by atoms with van der Waals surface area (Å²) in [5.41, 5.74) is 1.56. The van der Waals surface area contributed by atoms with Gasteiger partial charge in [0.1, 0.15) is 9.90 Å². The van der Waals surface area contributed by atoms with E-state index < -0.39 is 10.0 Å². The van der Waals surface area contributed by atoms with Crippen molar-refractivity contribution in [2.75, 3.05) is 6.54 Å². The Labute approximate surface area is 138 Å². The molecule has 3 rings (SSSR count). The second-order valence-electron chi connectivity index (χ2n) is 4.94. The van der Waals surface area contributed by atoms with Gasteiger partial charge in [0.15, 0.2) is 0 Å². The Morgan fingerprint density at radius 3 is 2.74 bits per heavy atom. The molecular formula is C15H16N4O2S2. The van der Waals surface area contributed by atoms with Crippen molar-refractivity contribution in [2.45, 2.75) is 17.7 Å². The van der Waals surface area contributed by atoms with Gasteiger partial charge in [0.2, 0.25) is 10.0 Å². The van der Waals surface area contributed by atoms with E-state index in [2.05, 4.69) is 14.8 Å². The molecule has 0 saturated carbocycles. The molecule has 0 fully saturated rings. The quantitative estimate of drug-likeness (QED) is 0.741. The number of pyridine rings is 1. The lowest BCUT2D eigenvalue weighted by molar-refractivity contribution is 0.563. The second kappa shape index (κ2) is 6.61. The minimum Gasteiger partial charge on any atom is -0.271 e. The minimum absolute atomic E-state index is 0.280. The van der Waals surface area contributed by atoms with E-state index in [1.807, 2.05) is 37.4 Å². The second-order valence-corrected chi connectivity index (χ2v) is 8.22. The Morgan fingerprint density at radius 1 is 1.17 bits per heavy atom. The first-order valence-corrected chi connectivity index (χ1v) is 9.35. The number of nitrogens with one attached hydrogen (secondary N) is 1. The van der Waals surface area contributed by atoms with Crippen LogP contribution in [0, 0.1) is 6.92 Å². The van der Waals surface area contributed by atoms with E-state index in [9.17, 15) is 8.42 Å². The number of hydrogen-bond acceptors (Lipinski definition) is 5. The van der Waals surface area contributed by atoms with Crippen LogP contribution >= 0.6 is 11.3 Å². The largest absolute Gasteiger partial charge is 0.271 e. The zero-order chi connectivity index (χ0) is 16.3. The SMILES string of the molecule is Cc1ccc(S(=O)(=O)NCCn2ccc(-c3ccccn3)n2)s1.